The molecule has 4 aliphatic carbocycles. The van der Waals surface area contributed by atoms with Crippen LogP contribution in [-0.2, 0) is 4.79 Å². The van der Waals surface area contributed by atoms with Crippen molar-refractivity contribution < 1.29 is 15.0 Å². The van der Waals surface area contributed by atoms with Gasteiger partial charge in [0.15, 0.2) is 6.19 Å². The predicted molar refractivity (Wildman–Crippen MR) is 124 cm³/mol. The summed E-state index contributed by atoms with van der Waals surface area (Å²) in [5.41, 5.74) is 0.465. The summed E-state index contributed by atoms with van der Waals surface area (Å²) in [5, 5.41) is 33.1. The van der Waals surface area contributed by atoms with Crippen LogP contribution < -0.4 is 5.32 Å². The van der Waals surface area contributed by atoms with E-state index in [2.05, 4.69) is 33.0 Å². The molecule has 0 aliphatic heterocycles. The predicted octanol–water partition coefficient (Wildman–Crippen LogP) is 4.63. The fourth-order valence-corrected chi connectivity index (χ4v) is 9.62. The van der Waals surface area contributed by atoms with Crippen LogP contribution in [0, 0.1) is 63.7 Å². The molecule has 32 heavy (non-hydrogen) atoms. The van der Waals surface area contributed by atoms with Crippen LogP contribution in [0.3, 0.4) is 0 Å². The number of hydrogen-bond donors (Lipinski definition) is 3. The lowest BCUT2D eigenvalue weighted by Crippen LogP contribution is -2.62. The van der Waals surface area contributed by atoms with Crippen molar-refractivity contribution in [3.8, 4) is 6.19 Å². The molecule has 0 heterocycles. The molecule has 0 saturated heterocycles. The summed E-state index contributed by atoms with van der Waals surface area (Å²) >= 11 is 0. The minimum absolute atomic E-state index is 0.172. The summed E-state index contributed by atoms with van der Waals surface area (Å²) in [6.07, 6.45) is 11.2. The first-order valence-corrected chi connectivity index (χ1v) is 13.2. The van der Waals surface area contributed by atoms with Gasteiger partial charge in [-0.1, -0.05) is 34.1 Å². The van der Waals surface area contributed by atoms with Gasteiger partial charge in [0.2, 0.25) is 5.91 Å². The van der Waals surface area contributed by atoms with E-state index in [1.807, 2.05) is 0 Å². The molecule has 3 N–H and O–H groups in total. The number of carbonyl (C=O) groups is 1. The molecule has 4 unspecified atom stereocenters. The molecule has 0 aromatic heterocycles. The third-order valence-corrected chi connectivity index (χ3v) is 11.2. The van der Waals surface area contributed by atoms with Crippen molar-refractivity contribution in [1.82, 2.24) is 5.32 Å². The number of nitrogens with zero attached hydrogens (tertiary/aromatic N) is 1. The Morgan fingerprint density at radius 2 is 1.78 bits per heavy atom. The second-order valence-electron chi connectivity index (χ2n) is 12.3. The molecule has 1 amide bonds. The maximum absolute atomic E-state index is 11.8. The van der Waals surface area contributed by atoms with Crippen molar-refractivity contribution in [2.75, 3.05) is 0 Å². The molecule has 4 rings (SSSR count). The maximum atomic E-state index is 11.8. The fourth-order valence-electron chi connectivity index (χ4n) is 9.62. The smallest absolute Gasteiger partial charge is 0.232 e. The molecule has 5 nitrogen and oxygen atoms in total. The first-order valence-electron chi connectivity index (χ1n) is 13.2. The normalized spacial score (nSPS) is 48.7. The molecule has 4 aliphatic rings. The van der Waals surface area contributed by atoms with Crippen LogP contribution in [0.1, 0.15) is 91.9 Å². The van der Waals surface area contributed by atoms with Gasteiger partial charge in [0, 0.05) is 6.42 Å². The van der Waals surface area contributed by atoms with Crippen molar-refractivity contribution in [3.63, 3.8) is 0 Å². The SMILES string of the molecule is CC[C@H]1[C@@H](O)C2C3CCC([C@H](C)CCC(=O)NC#N)[C@@]3(C)CCC2[C@@]2(C)CC[C@@H](O)C[C@@H]12. The van der Waals surface area contributed by atoms with Gasteiger partial charge < -0.3 is 10.2 Å². The van der Waals surface area contributed by atoms with Gasteiger partial charge in [0.25, 0.3) is 0 Å². The minimum Gasteiger partial charge on any atom is -0.393 e. The summed E-state index contributed by atoms with van der Waals surface area (Å²) in [4.78, 5) is 11.8. The fraction of sp³-hybridized carbons (Fsp3) is 0.926. The molecule has 0 bridgehead atoms. The van der Waals surface area contributed by atoms with Crippen molar-refractivity contribution in [2.45, 2.75) is 104 Å². The lowest BCUT2D eigenvalue weighted by atomic mass is 9.41. The standard InChI is InChI=1S/C27H44N2O3/c1-5-18-22-14-17(30)10-12-27(22,4)21-11-13-26(3)19(7-8-20(26)24(21)25(18)32)16(2)6-9-23(31)29-15-28/h16-22,24-25,30,32H,5-14H2,1-4H3,(H,29,31)/t16-,17-,18-,19?,20?,21?,22+,24?,25-,26-,27-/m1/s1. The van der Waals surface area contributed by atoms with Gasteiger partial charge in [-0.3, -0.25) is 10.1 Å². The molecular formula is C27H44N2O3. The molecule has 4 fully saturated rings. The van der Waals surface area contributed by atoms with Gasteiger partial charge >= 0.3 is 0 Å². The highest BCUT2D eigenvalue weighted by molar-refractivity contribution is 5.77. The van der Waals surface area contributed by atoms with Gasteiger partial charge in [0.1, 0.15) is 0 Å². The van der Waals surface area contributed by atoms with E-state index in [-0.39, 0.29) is 28.9 Å². The Hall–Kier alpha value is -1.12. The highest BCUT2D eigenvalue weighted by Crippen LogP contribution is 2.69. The van der Waals surface area contributed by atoms with Gasteiger partial charge in [0.05, 0.1) is 12.2 Å². The zero-order valence-corrected chi connectivity index (χ0v) is 20.5. The number of aliphatic hydroxyl groups excluding tert-OH is 2. The number of fused-ring (bicyclic) bond motifs is 5. The van der Waals surface area contributed by atoms with Crippen LogP contribution in [0.2, 0.25) is 0 Å². The Morgan fingerprint density at radius 1 is 1.09 bits per heavy atom. The lowest BCUT2D eigenvalue weighted by Gasteiger charge is -2.64. The van der Waals surface area contributed by atoms with Crippen LogP contribution in [0.25, 0.3) is 0 Å². The Kier molecular flexibility index (Phi) is 6.69. The number of nitriles is 1. The Morgan fingerprint density at radius 3 is 2.47 bits per heavy atom. The van der Waals surface area contributed by atoms with Crippen molar-refractivity contribution in [2.24, 2.45) is 52.3 Å². The Labute approximate surface area is 194 Å². The second kappa shape index (κ2) is 8.91. The minimum atomic E-state index is -0.256. The van der Waals surface area contributed by atoms with Crippen LogP contribution in [0.15, 0.2) is 0 Å². The number of nitrogens with one attached hydrogen (secondary N) is 1. The zero-order chi connectivity index (χ0) is 23.3. The first kappa shape index (κ1) is 24.0. The first-order chi connectivity index (χ1) is 15.2. The van der Waals surface area contributed by atoms with Crippen LogP contribution in [0.4, 0.5) is 0 Å². The van der Waals surface area contributed by atoms with Crippen molar-refractivity contribution >= 4 is 5.91 Å². The summed E-state index contributed by atoms with van der Waals surface area (Å²) in [6.45, 7) is 9.48. The van der Waals surface area contributed by atoms with E-state index in [1.165, 1.54) is 25.7 Å². The quantitative estimate of drug-likeness (QED) is 0.426. The van der Waals surface area contributed by atoms with E-state index in [0.717, 1.165) is 32.1 Å². The van der Waals surface area contributed by atoms with Crippen molar-refractivity contribution in [1.29, 1.82) is 5.26 Å². The molecule has 0 aromatic carbocycles. The largest absolute Gasteiger partial charge is 0.393 e. The maximum Gasteiger partial charge on any atom is 0.232 e. The Bertz CT molecular complexity index is 750. The third kappa shape index (κ3) is 3.70. The van der Waals surface area contributed by atoms with Gasteiger partial charge in [-0.15, -0.1) is 0 Å². The third-order valence-electron chi connectivity index (χ3n) is 11.2. The number of rotatable bonds is 5. The summed E-state index contributed by atoms with van der Waals surface area (Å²) in [6, 6.07) is 0. The lowest BCUT2D eigenvalue weighted by molar-refractivity contribution is -0.203. The number of aliphatic hydroxyl groups is 2. The molecule has 4 saturated carbocycles. The Balaban J connectivity index is 1.56. The van der Waals surface area contributed by atoms with Crippen LogP contribution in [-0.4, -0.2) is 28.3 Å². The summed E-state index contributed by atoms with van der Waals surface area (Å²) in [7, 11) is 0. The highest BCUT2D eigenvalue weighted by Gasteiger charge is 2.64. The second-order valence-corrected chi connectivity index (χ2v) is 12.3. The van der Waals surface area contributed by atoms with E-state index in [9.17, 15) is 15.0 Å². The molecule has 180 valence electrons. The zero-order valence-electron chi connectivity index (χ0n) is 20.5. The molecule has 0 radical (unpaired) electrons. The van der Waals surface area contributed by atoms with Crippen molar-refractivity contribution in [3.05, 3.63) is 0 Å². The highest BCUT2D eigenvalue weighted by atomic mass is 16.3. The van der Waals surface area contributed by atoms with E-state index in [1.54, 1.807) is 6.19 Å². The average molecular weight is 445 g/mol. The number of amides is 1. The average Bonchev–Trinajstić information content (AvgIpc) is 3.11. The monoisotopic (exact) mass is 444 g/mol. The van der Waals surface area contributed by atoms with E-state index >= 15 is 0 Å². The van der Waals surface area contributed by atoms with E-state index in [0.29, 0.717) is 47.8 Å². The molecule has 5 heteroatoms. The number of carbonyl (C=O) groups excluding carboxylic acids is 1. The van der Waals surface area contributed by atoms with E-state index < -0.39 is 0 Å². The van der Waals surface area contributed by atoms with Gasteiger partial charge in [-0.2, -0.15) is 5.26 Å². The van der Waals surface area contributed by atoms with Crippen LogP contribution >= 0.6 is 0 Å². The molecule has 0 aromatic rings. The summed E-state index contributed by atoms with van der Waals surface area (Å²) < 4.78 is 0. The summed E-state index contributed by atoms with van der Waals surface area (Å²) in [5.74, 6) is 3.07. The molecule has 11 atom stereocenters. The molecule has 0 spiro atoms. The van der Waals surface area contributed by atoms with Gasteiger partial charge in [-0.05, 0) is 104 Å². The number of hydrogen-bond acceptors (Lipinski definition) is 4. The van der Waals surface area contributed by atoms with Gasteiger partial charge in [-0.25, -0.2) is 0 Å². The molecular weight excluding hydrogens is 400 g/mol. The van der Waals surface area contributed by atoms with E-state index in [4.69, 9.17) is 5.26 Å². The van der Waals surface area contributed by atoms with Crippen LogP contribution in [0.5, 0.6) is 0 Å². The topological polar surface area (TPSA) is 93.4 Å².